The third-order valence-electron chi connectivity index (χ3n) is 4.56. The number of pyridine rings is 1. The largest absolute Gasteiger partial charge is 0.493 e. The van der Waals surface area contributed by atoms with Gasteiger partial charge < -0.3 is 19.4 Å². The standard InChI is InChI=1S/C23H21N3O3/c1-28-20-8-4-5-9-21(20)29-23-11-10-18(16-24-23)25-22(27)13-15-26-14-12-17-6-2-3-7-19(17)26/h2-12,14,16H,13,15H2,1H3,(H,25,27). The molecule has 1 amide bonds. The quantitative estimate of drug-likeness (QED) is 0.491. The summed E-state index contributed by atoms with van der Waals surface area (Å²) in [4.78, 5) is 16.6. The summed E-state index contributed by atoms with van der Waals surface area (Å²) in [6.07, 6.45) is 3.95. The van der Waals surface area contributed by atoms with E-state index >= 15 is 0 Å². The van der Waals surface area contributed by atoms with Crippen molar-refractivity contribution in [3.05, 3.63) is 79.1 Å². The molecule has 2 aromatic heterocycles. The van der Waals surface area contributed by atoms with Gasteiger partial charge in [-0.25, -0.2) is 4.98 Å². The zero-order valence-corrected chi connectivity index (χ0v) is 16.0. The van der Waals surface area contributed by atoms with Crippen LogP contribution in [-0.2, 0) is 11.3 Å². The third-order valence-corrected chi connectivity index (χ3v) is 4.56. The number of nitrogens with zero attached hydrogens (tertiary/aromatic N) is 2. The molecule has 0 bridgehead atoms. The molecule has 6 nitrogen and oxygen atoms in total. The first-order valence-corrected chi connectivity index (χ1v) is 9.33. The van der Waals surface area contributed by atoms with Crippen LogP contribution >= 0.6 is 0 Å². The molecule has 4 aromatic rings. The fourth-order valence-electron chi connectivity index (χ4n) is 3.11. The van der Waals surface area contributed by atoms with Crippen LogP contribution in [0.2, 0.25) is 0 Å². The number of hydrogen-bond donors (Lipinski definition) is 1. The van der Waals surface area contributed by atoms with E-state index in [4.69, 9.17) is 9.47 Å². The second kappa shape index (κ2) is 8.48. The molecule has 0 unspecified atom stereocenters. The predicted octanol–water partition coefficient (Wildman–Crippen LogP) is 4.87. The van der Waals surface area contributed by atoms with E-state index < -0.39 is 0 Å². The summed E-state index contributed by atoms with van der Waals surface area (Å²) >= 11 is 0. The highest BCUT2D eigenvalue weighted by Crippen LogP contribution is 2.30. The van der Waals surface area contributed by atoms with E-state index in [1.165, 1.54) is 5.39 Å². The molecule has 0 aliphatic heterocycles. The van der Waals surface area contributed by atoms with Gasteiger partial charge in [0.2, 0.25) is 11.8 Å². The van der Waals surface area contributed by atoms with Crippen molar-refractivity contribution in [1.82, 2.24) is 9.55 Å². The number of benzene rings is 2. The van der Waals surface area contributed by atoms with Gasteiger partial charge in [0.25, 0.3) is 0 Å². The van der Waals surface area contributed by atoms with Gasteiger partial charge in [-0.05, 0) is 35.7 Å². The van der Waals surface area contributed by atoms with Crippen molar-refractivity contribution < 1.29 is 14.3 Å². The fraction of sp³-hybridized carbons (Fsp3) is 0.130. The van der Waals surface area contributed by atoms with Crippen molar-refractivity contribution >= 4 is 22.5 Å². The Morgan fingerprint density at radius 3 is 2.59 bits per heavy atom. The van der Waals surface area contributed by atoms with Gasteiger partial charge in [-0.3, -0.25) is 4.79 Å². The first-order valence-electron chi connectivity index (χ1n) is 9.33. The van der Waals surface area contributed by atoms with Crippen LogP contribution in [-0.4, -0.2) is 22.6 Å². The van der Waals surface area contributed by atoms with Crippen LogP contribution in [0, 0.1) is 0 Å². The van der Waals surface area contributed by atoms with Gasteiger partial charge >= 0.3 is 0 Å². The number of ether oxygens (including phenoxy) is 2. The van der Waals surface area contributed by atoms with Gasteiger partial charge in [-0.2, -0.15) is 0 Å². The van der Waals surface area contributed by atoms with E-state index in [1.54, 1.807) is 31.5 Å². The summed E-state index contributed by atoms with van der Waals surface area (Å²) in [5.41, 5.74) is 1.75. The van der Waals surface area contributed by atoms with Gasteiger partial charge in [-0.1, -0.05) is 30.3 Å². The average molecular weight is 387 g/mol. The lowest BCUT2D eigenvalue weighted by molar-refractivity contribution is -0.116. The average Bonchev–Trinajstić information content (AvgIpc) is 3.17. The number of rotatable bonds is 7. The first-order chi connectivity index (χ1) is 14.2. The Hall–Kier alpha value is -3.80. The molecule has 1 N–H and O–H groups in total. The Balaban J connectivity index is 1.34. The lowest BCUT2D eigenvalue weighted by Gasteiger charge is -2.10. The second-order valence-electron chi connectivity index (χ2n) is 6.50. The molecule has 146 valence electrons. The number of methoxy groups -OCH3 is 1. The maximum absolute atomic E-state index is 12.3. The minimum Gasteiger partial charge on any atom is -0.493 e. The number of nitrogens with one attached hydrogen (secondary N) is 1. The summed E-state index contributed by atoms with van der Waals surface area (Å²) < 4.78 is 13.1. The van der Waals surface area contributed by atoms with E-state index in [0.717, 1.165) is 5.52 Å². The van der Waals surface area contributed by atoms with Crippen LogP contribution in [0.25, 0.3) is 10.9 Å². The minimum absolute atomic E-state index is 0.0667. The van der Waals surface area contributed by atoms with E-state index in [9.17, 15) is 4.79 Å². The number of hydrogen-bond acceptors (Lipinski definition) is 4. The molecule has 0 saturated carbocycles. The Kier molecular flexibility index (Phi) is 5.42. The second-order valence-corrected chi connectivity index (χ2v) is 6.50. The normalized spacial score (nSPS) is 10.7. The summed E-state index contributed by atoms with van der Waals surface area (Å²) in [5.74, 6) is 1.57. The molecule has 0 aliphatic carbocycles. The number of amides is 1. The lowest BCUT2D eigenvalue weighted by Crippen LogP contribution is -2.14. The van der Waals surface area contributed by atoms with Crippen molar-refractivity contribution in [2.75, 3.05) is 12.4 Å². The molecule has 2 aromatic carbocycles. The van der Waals surface area contributed by atoms with Gasteiger partial charge in [0.05, 0.1) is 19.0 Å². The van der Waals surface area contributed by atoms with Crippen LogP contribution in [0.5, 0.6) is 17.4 Å². The third kappa shape index (κ3) is 4.38. The maximum Gasteiger partial charge on any atom is 0.226 e. The van der Waals surface area contributed by atoms with E-state index in [1.807, 2.05) is 36.5 Å². The number of fused-ring (bicyclic) bond motifs is 1. The van der Waals surface area contributed by atoms with Crippen molar-refractivity contribution in [2.24, 2.45) is 0 Å². The molecular weight excluding hydrogens is 366 g/mol. The lowest BCUT2D eigenvalue weighted by atomic mass is 10.2. The molecule has 0 spiro atoms. The molecule has 4 rings (SSSR count). The Morgan fingerprint density at radius 1 is 1.00 bits per heavy atom. The number of para-hydroxylation sites is 3. The highest BCUT2D eigenvalue weighted by atomic mass is 16.5. The van der Waals surface area contributed by atoms with Crippen LogP contribution in [0.3, 0.4) is 0 Å². The fourth-order valence-corrected chi connectivity index (χ4v) is 3.11. The molecule has 0 fully saturated rings. The molecule has 0 radical (unpaired) electrons. The predicted molar refractivity (Wildman–Crippen MR) is 112 cm³/mol. The van der Waals surface area contributed by atoms with Crippen LogP contribution in [0.15, 0.2) is 79.1 Å². The molecule has 2 heterocycles. The Morgan fingerprint density at radius 2 is 1.79 bits per heavy atom. The van der Waals surface area contributed by atoms with Crippen molar-refractivity contribution in [3.63, 3.8) is 0 Å². The molecule has 0 saturated heterocycles. The smallest absolute Gasteiger partial charge is 0.226 e. The first kappa shape index (κ1) is 18.6. The summed E-state index contributed by atoms with van der Waals surface area (Å²) in [7, 11) is 1.59. The highest BCUT2D eigenvalue weighted by molar-refractivity contribution is 5.90. The molecular formula is C23H21N3O3. The van der Waals surface area contributed by atoms with E-state index in [2.05, 4.69) is 33.1 Å². The number of anilines is 1. The van der Waals surface area contributed by atoms with Gasteiger partial charge in [0.15, 0.2) is 11.5 Å². The van der Waals surface area contributed by atoms with E-state index in [0.29, 0.717) is 36.0 Å². The Labute approximate surface area is 168 Å². The Bertz CT molecular complexity index is 1120. The van der Waals surface area contributed by atoms with Gasteiger partial charge in [0, 0.05) is 30.7 Å². The van der Waals surface area contributed by atoms with Crippen LogP contribution in [0.4, 0.5) is 5.69 Å². The van der Waals surface area contributed by atoms with Crippen molar-refractivity contribution in [3.8, 4) is 17.4 Å². The maximum atomic E-state index is 12.3. The van der Waals surface area contributed by atoms with Crippen LogP contribution in [0.1, 0.15) is 6.42 Å². The highest BCUT2D eigenvalue weighted by Gasteiger charge is 2.08. The molecule has 0 aliphatic rings. The zero-order chi connectivity index (χ0) is 20.1. The van der Waals surface area contributed by atoms with Crippen molar-refractivity contribution in [1.29, 1.82) is 0 Å². The SMILES string of the molecule is COc1ccccc1Oc1ccc(NC(=O)CCn2ccc3ccccc32)cn1. The van der Waals surface area contributed by atoms with Crippen LogP contribution < -0.4 is 14.8 Å². The van der Waals surface area contributed by atoms with Gasteiger partial charge in [0.1, 0.15) is 0 Å². The number of carbonyl (C=O) groups excluding carboxylic acids is 1. The van der Waals surface area contributed by atoms with Gasteiger partial charge in [-0.15, -0.1) is 0 Å². The zero-order valence-electron chi connectivity index (χ0n) is 16.0. The molecule has 6 heteroatoms. The number of carbonyl (C=O) groups is 1. The minimum atomic E-state index is -0.0667. The molecule has 29 heavy (non-hydrogen) atoms. The number of aryl methyl sites for hydroxylation is 1. The number of aromatic nitrogens is 2. The summed E-state index contributed by atoms with van der Waals surface area (Å²) in [6, 6.07) is 21.0. The summed E-state index contributed by atoms with van der Waals surface area (Å²) in [5, 5.41) is 4.04. The van der Waals surface area contributed by atoms with E-state index in [-0.39, 0.29) is 5.91 Å². The van der Waals surface area contributed by atoms with Crippen molar-refractivity contribution in [2.45, 2.75) is 13.0 Å². The monoisotopic (exact) mass is 387 g/mol. The topological polar surface area (TPSA) is 65.4 Å². The summed E-state index contributed by atoms with van der Waals surface area (Å²) in [6.45, 7) is 0.613. The molecule has 0 atom stereocenters.